The molecular formula is C21H21FN4O2. The number of amides is 1. The predicted octanol–water partition coefficient (Wildman–Crippen LogP) is 3.83. The van der Waals surface area contributed by atoms with Crippen LogP contribution < -0.4 is 10.1 Å². The van der Waals surface area contributed by atoms with Gasteiger partial charge in [-0.25, -0.2) is 4.39 Å². The molecule has 0 aliphatic carbocycles. The minimum Gasteiger partial charge on any atom is -0.484 e. The first-order chi connectivity index (χ1) is 13.7. The van der Waals surface area contributed by atoms with Gasteiger partial charge in [0.25, 0.3) is 5.91 Å². The smallest absolute Gasteiger partial charge is 0.262 e. The fourth-order valence-corrected chi connectivity index (χ4v) is 3.28. The third-order valence-corrected chi connectivity index (χ3v) is 4.72. The quantitative estimate of drug-likeness (QED) is 0.730. The molecule has 0 unspecified atom stereocenters. The molecule has 0 fully saturated rings. The number of aryl methyl sites for hydroxylation is 1. The summed E-state index contributed by atoms with van der Waals surface area (Å²) in [5, 5.41) is 11.5. The van der Waals surface area contributed by atoms with Crippen LogP contribution in [-0.2, 0) is 17.8 Å². The average molecular weight is 380 g/mol. The van der Waals surface area contributed by atoms with Gasteiger partial charge in [-0.05, 0) is 61.4 Å². The number of benzene rings is 2. The Morgan fingerprint density at radius 2 is 1.82 bits per heavy atom. The monoisotopic (exact) mass is 380 g/mol. The van der Waals surface area contributed by atoms with Crippen LogP contribution in [0.4, 0.5) is 10.1 Å². The molecule has 0 spiro atoms. The second kappa shape index (κ2) is 8.21. The van der Waals surface area contributed by atoms with E-state index in [0.717, 1.165) is 43.0 Å². The summed E-state index contributed by atoms with van der Waals surface area (Å²) in [7, 11) is 0. The lowest BCUT2D eigenvalue weighted by Crippen LogP contribution is -2.20. The second-order valence-corrected chi connectivity index (χ2v) is 6.77. The molecule has 144 valence electrons. The van der Waals surface area contributed by atoms with Crippen molar-refractivity contribution in [2.24, 2.45) is 0 Å². The van der Waals surface area contributed by atoms with Gasteiger partial charge in [-0.1, -0.05) is 6.42 Å². The minimum absolute atomic E-state index is 0.148. The first-order valence-corrected chi connectivity index (χ1v) is 9.40. The fraction of sp³-hybridized carbons (Fsp3) is 0.286. The van der Waals surface area contributed by atoms with E-state index < -0.39 is 0 Å². The van der Waals surface area contributed by atoms with Crippen LogP contribution in [0.15, 0.2) is 48.5 Å². The van der Waals surface area contributed by atoms with Crippen molar-refractivity contribution >= 4 is 11.6 Å². The first-order valence-electron chi connectivity index (χ1n) is 9.40. The van der Waals surface area contributed by atoms with Crippen LogP contribution in [0.1, 0.15) is 25.1 Å². The largest absolute Gasteiger partial charge is 0.484 e. The molecular weight excluding hydrogens is 359 g/mol. The van der Waals surface area contributed by atoms with E-state index in [4.69, 9.17) is 4.74 Å². The molecule has 3 aromatic rings. The van der Waals surface area contributed by atoms with E-state index >= 15 is 0 Å². The number of carbonyl (C=O) groups excluding carboxylic acids is 1. The molecule has 0 bridgehead atoms. The summed E-state index contributed by atoms with van der Waals surface area (Å²) in [4.78, 5) is 12.1. The maximum absolute atomic E-state index is 12.9. The van der Waals surface area contributed by atoms with Crippen LogP contribution in [0, 0.1) is 5.82 Å². The number of anilines is 1. The maximum atomic E-state index is 12.9. The van der Waals surface area contributed by atoms with E-state index in [-0.39, 0.29) is 18.3 Å². The highest BCUT2D eigenvalue weighted by atomic mass is 19.1. The highest BCUT2D eigenvalue weighted by Gasteiger charge is 2.16. The Bertz CT molecular complexity index is 952. The SMILES string of the molecule is O=C(COc1ccc(F)cc1)Nc1ccc(-c2nnc3n2CCCCC3)cc1. The van der Waals surface area contributed by atoms with Gasteiger partial charge in [0.1, 0.15) is 17.4 Å². The second-order valence-electron chi connectivity index (χ2n) is 6.77. The Morgan fingerprint density at radius 1 is 1.04 bits per heavy atom. The van der Waals surface area contributed by atoms with E-state index in [9.17, 15) is 9.18 Å². The summed E-state index contributed by atoms with van der Waals surface area (Å²) >= 11 is 0. The van der Waals surface area contributed by atoms with Crippen LogP contribution >= 0.6 is 0 Å². The highest BCUT2D eigenvalue weighted by Crippen LogP contribution is 2.24. The van der Waals surface area contributed by atoms with Crippen LogP contribution in [0.3, 0.4) is 0 Å². The van der Waals surface area contributed by atoms with Gasteiger partial charge >= 0.3 is 0 Å². The van der Waals surface area contributed by atoms with Gasteiger partial charge in [0.15, 0.2) is 12.4 Å². The number of nitrogens with zero attached hydrogens (tertiary/aromatic N) is 3. The summed E-state index contributed by atoms with van der Waals surface area (Å²) in [6.45, 7) is 0.794. The standard InChI is InChI=1S/C21H21FN4O2/c22-16-7-11-18(12-8-16)28-14-20(27)23-17-9-5-15(6-10-17)21-25-24-19-4-2-1-3-13-26(19)21/h5-12H,1-4,13-14H2,(H,23,27). The Kier molecular flexibility index (Phi) is 5.32. The molecule has 7 heteroatoms. The van der Waals surface area contributed by atoms with Crippen LogP contribution in [-0.4, -0.2) is 27.3 Å². The molecule has 2 heterocycles. The average Bonchev–Trinajstić information content (AvgIpc) is 2.96. The minimum atomic E-state index is -0.346. The number of ether oxygens (including phenoxy) is 1. The Hall–Kier alpha value is -3.22. The molecule has 6 nitrogen and oxygen atoms in total. The predicted molar refractivity (Wildman–Crippen MR) is 104 cm³/mol. The molecule has 1 aliphatic rings. The van der Waals surface area contributed by atoms with Crippen LogP contribution in [0.25, 0.3) is 11.4 Å². The number of carbonyl (C=O) groups is 1. The summed E-state index contributed by atoms with van der Waals surface area (Å²) in [6.07, 6.45) is 4.48. The van der Waals surface area contributed by atoms with Crippen molar-refractivity contribution < 1.29 is 13.9 Å². The van der Waals surface area contributed by atoms with Gasteiger partial charge in [-0.3, -0.25) is 4.79 Å². The van der Waals surface area contributed by atoms with E-state index in [2.05, 4.69) is 20.1 Å². The van der Waals surface area contributed by atoms with E-state index in [0.29, 0.717) is 11.4 Å². The van der Waals surface area contributed by atoms with E-state index in [1.807, 2.05) is 24.3 Å². The van der Waals surface area contributed by atoms with Crippen molar-refractivity contribution in [3.05, 3.63) is 60.2 Å². The van der Waals surface area contributed by atoms with E-state index in [1.165, 1.54) is 30.7 Å². The molecule has 4 rings (SSSR count). The number of hydrogen-bond donors (Lipinski definition) is 1. The fourth-order valence-electron chi connectivity index (χ4n) is 3.28. The number of nitrogens with one attached hydrogen (secondary N) is 1. The van der Waals surface area contributed by atoms with Crippen molar-refractivity contribution in [1.29, 1.82) is 0 Å². The maximum Gasteiger partial charge on any atom is 0.262 e. The summed E-state index contributed by atoms with van der Waals surface area (Å²) < 4.78 is 20.4. The Labute approximate surface area is 162 Å². The van der Waals surface area contributed by atoms with Gasteiger partial charge in [-0.2, -0.15) is 0 Å². The normalized spacial score (nSPS) is 13.5. The number of fused-ring (bicyclic) bond motifs is 1. The summed E-state index contributed by atoms with van der Waals surface area (Å²) in [5.41, 5.74) is 1.65. The number of aromatic nitrogens is 3. The van der Waals surface area contributed by atoms with Crippen molar-refractivity contribution in [2.75, 3.05) is 11.9 Å². The van der Waals surface area contributed by atoms with Crippen molar-refractivity contribution in [3.8, 4) is 17.1 Å². The van der Waals surface area contributed by atoms with Gasteiger partial charge in [0.05, 0.1) is 0 Å². The summed E-state index contributed by atoms with van der Waals surface area (Å²) in [6, 6.07) is 13.1. The summed E-state index contributed by atoms with van der Waals surface area (Å²) in [5.74, 6) is 1.73. The molecule has 1 aliphatic heterocycles. The molecule has 1 amide bonds. The molecule has 0 atom stereocenters. The molecule has 1 N–H and O–H groups in total. The number of hydrogen-bond acceptors (Lipinski definition) is 4. The lowest BCUT2D eigenvalue weighted by atomic mass is 10.2. The van der Waals surface area contributed by atoms with Gasteiger partial charge in [0.2, 0.25) is 0 Å². The van der Waals surface area contributed by atoms with Crippen LogP contribution in [0.2, 0.25) is 0 Å². The van der Waals surface area contributed by atoms with Gasteiger partial charge in [-0.15, -0.1) is 10.2 Å². The molecule has 0 saturated heterocycles. The molecule has 28 heavy (non-hydrogen) atoms. The Morgan fingerprint density at radius 3 is 2.61 bits per heavy atom. The molecule has 0 radical (unpaired) electrons. The van der Waals surface area contributed by atoms with Gasteiger partial charge < -0.3 is 14.6 Å². The topological polar surface area (TPSA) is 69.0 Å². The lowest BCUT2D eigenvalue weighted by molar-refractivity contribution is -0.118. The number of rotatable bonds is 5. The first kappa shape index (κ1) is 18.2. The highest BCUT2D eigenvalue weighted by molar-refractivity contribution is 5.92. The van der Waals surface area contributed by atoms with Crippen molar-refractivity contribution in [2.45, 2.75) is 32.2 Å². The molecule has 1 aromatic heterocycles. The number of halogens is 1. The van der Waals surface area contributed by atoms with E-state index in [1.54, 1.807) is 0 Å². The molecule has 0 saturated carbocycles. The van der Waals surface area contributed by atoms with Crippen molar-refractivity contribution in [1.82, 2.24) is 14.8 Å². The zero-order valence-corrected chi connectivity index (χ0v) is 15.4. The lowest BCUT2D eigenvalue weighted by Gasteiger charge is -2.09. The zero-order valence-electron chi connectivity index (χ0n) is 15.4. The third-order valence-electron chi connectivity index (χ3n) is 4.72. The van der Waals surface area contributed by atoms with Crippen LogP contribution in [0.5, 0.6) is 5.75 Å². The third kappa shape index (κ3) is 4.19. The molecule has 2 aromatic carbocycles. The van der Waals surface area contributed by atoms with Gasteiger partial charge in [0, 0.05) is 24.2 Å². The van der Waals surface area contributed by atoms with Crippen molar-refractivity contribution in [3.63, 3.8) is 0 Å². The zero-order chi connectivity index (χ0) is 19.3. The Balaban J connectivity index is 1.37.